The Morgan fingerprint density at radius 2 is 1.74 bits per heavy atom. The summed E-state index contributed by atoms with van der Waals surface area (Å²) in [5, 5.41) is 2.87. The standard InChI is InChI=1S/C30H35FN4O3/c1-38-27-9-5-8-23(18-27)21-34(20-22-6-3-2-4-7-22)26-14-17-35(28(19-26)29(36)33-16-15-32)30(37)24-10-12-25(31)13-11-24/h2-13,18,26,28H,14-17,19-21,32H2,1H3,(H,33,36)/t26?,28-/m1/s1. The maximum absolute atomic E-state index is 13.5. The summed E-state index contributed by atoms with van der Waals surface area (Å²) in [6, 6.07) is 23.0. The second kappa shape index (κ2) is 13.2. The molecule has 4 rings (SSSR count). The van der Waals surface area contributed by atoms with Crippen LogP contribution in [0.3, 0.4) is 0 Å². The van der Waals surface area contributed by atoms with Crippen LogP contribution < -0.4 is 15.8 Å². The summed E-state index contributed by atoms with van der Waals surface area (Å²) < 4.78 is 18.9. The van der Waals surface area contributed by atoms with Gasteiger partial charge in [0.15, 0.2) is 0 Å². The fourth-order valence-corrected chi connectivity index (χ4v) is 4.98. The number of hydrogen-bond acceptors (Lipinski definition) is 5. The van der Waals surface area contributed by atoms with E-state index in [1.165, 1.54) is 29.8 Å². The van der Waals surface area contributed by atoms with E-state index in [9.17, 15) is 14.0 Å². The first kappa shape index (κ1) is 27.3. The third-order valence-corrected chi connectivity index (χ3v) is 6.94. The van der Waals surface area contributed by atoms with Crippen molar-refractivity contribution in [3.63, 3.8) is 0 Å². The summed E-state index contributed by atoms with van der Waals surface area (Å²) in [4.78, 5) is 30.7. The minimum Gasteiger partial charge on any atom is -0.497 e. The van der Waals surface area contributed by atoms with Gasteiger partial charge in [-0.15, -0.1) is 0 Å². The molecule has 1 aliphatic heterocycles. The summed E-state index contributed by atoms with van der Waals surface area (Å²) in [6.07, 6.45) is 1.17. The molecule has 0 bridgehead atoms. The summed E-state index contributed by atoms with van der Waals surface area (Å²) in [5.41, 5.74) is 8.26. The number of rotatable bonds is 10. The van der Waals surface area contributed by atoms with E-state index in [2.05, 4.69) is 28.4 Å². The minimum absolute atomic E-state index is 0.0484. The SMILES string of the molecule is COc1cccc(CN(Cc2ccccc2)C2CCN(C(=O)c3ccc(F)cc3)[C@@H](C(=O)NCCN)C2)c1. The lowest BCUT2D eigenvalue weighted by atomic mass is 9.93. The van der Waals surface area contributed by atoms with Crippen molar-refractivity contribution < 1.29 is 18.7 Å². The van der Waals surface area contributed by atoms with E-state index < -0.39 is 11.9 Å². The van der Waals surface area contributed by atoms with Gasteiger partial charge in [-0.2, -0.15) is 0 Å². The Labute approximate surface area is 223 Å². The fraction of sp³-hybridized carbons (Fsp3) is 0.333. The minimum atomic E-state index is -0.665. The number of nitrogens with zero attached hydrogens (tertiary/aromatic N) is 2. The number of benzene rings is 3. The van der Waals surface area contributed by atoms with Crippen molar-refractivity contribution in [1.82, 2.24) is 15.1 Å². The van der Waals surface area contributed by atoms with E-state index in [1.54, 1.807) is 12.0 Å². The highest BCUT2D eigenvalue weighted by molar-refractivity contribution is 5.97. The zero-order chi connectivity index (χ0) is 26.9. The van der Waals surface area contributed by atoms with Crippen molar-refractivity contribution in [2.45, 2.75) is 38.0 Å². The molecular formula is C30H35FN4O3. The van der Waals surface area contributed by atoms with Crippen LogP contribution in [0, 0.1) is 5.82 Å². The third kappa shape index (κ3) is 6.96. The lowest BCUT2D eigenvalue weighted by Gasteiger charge is -2.43. The Hall–Kier alpha value is -3.75. The first-order valence-electron chi connectivity index (χ1n) is 12.9. The number of carbonyl (C=O) groups excluding carboxylic acids is 2. The average molecular weight is 519 g/mol. The second-order valence-electron chi connectivity index (χ2n) is 9.52. The van der Waals surface area contributed by atoms with Gasteiger partial charge >= 0.3 is 0 Å². The van der Waals surface area contributed by atoms with Crippen LogP contribution in [0.5, 0.6) is 5.75 Å². The monoisotopic (exact) mass is 518 g/mol. The molecular weight excluding hydrogens is 483 g/mol. The number of hydrogen-bond donors (Lipinski definition) is 2. The summed E-state index contributed by atoms with van der Waals surface area (Å²) in [6.45, 7) is 2.41. The van der Waals surface area contributed by atoms with Crippen molar-refractivity contribution in [1.29, 1.82) is 0 Å². The highest BCUT2D eigenvalue weighted by Crippen LogP contribution is 2.28. The summed E-state index contributed by atoms with van der Waals surface area (Å²) in [5.74, 6) is -0.122. The van der Waals surface area contributed by atoms with Gasteiger partial charge in [0, 0.05) is 44.3 Å². The number of nitrogens with two attached hydrogens (primary N) is 1. The van der Waals surface area contributed by atoms with Gasteiger partial charge in [0.05, 0.1) is 7.11 Å². The number of likely N-dealkylation sites (tertiary alicyclic amines) is 1. The van der Waals surface area contributed by atoms with Crippen LogP contribution in [-0.2, 0) is 17.9 Å². The second-order valence-corrected chi connectivity index (χ2v) is 9.52. The Bertz CT molecular complexity index is 1210. The number of methoxy groups -OCH3 is 1. The van der Waals surface area contributed by atoms with Gasteiger partial charge in [-0.25, -0.2) is 4.39 Å². The molecule has 1 unspecified atom stereocenters. The summed E-state index contributed by atoms with van der Waals surface area (Å²) >= 11 is 0. The van der Waals surface area contributed by atoms with Gasteiger partial charge in [-0.05, 0) is 60.4 Å². The number of nitrogens with one attached hydrogen (secondary N) is 1. The Morgan fingerprint density at radius 3 is 2.45 bits per heavy atom. The Kier molecular flexibility index (Phi) is 9.46. The van der Waals surface area contributed by atoms with Crippen molar-refractivity contribution in [3.8, 4) is 5.75 Å². The molecule has 7 nitrogen and oxygen atoms in total. The molecule has 0 aromatic heterocycles. The molecule has 0 aliphatic carbocycles. The van der Waals surface area contributed by atoms with Crippen LogP contribution in [0.15, 0.2) is 78.9 Å². The van der Waals surface area contributed by atoms with Gasteiger partial charge in [-0.3, -0.25) is 14.5 Å². The van der Waals surface area contributed by atoms with Crippen molar-refractivity contribution in [3.05, 3.63) is 101 Å². The molecule has 0 saturated carbocycles. The summed E-state index contributed by atoms with van der Waals surface area (Å²) in [7, 11) is 1.65. The van der Waals surface area contributed by atoms with Crippen LogP contribution in [0.4, 0.5) is 4.39 Å². The molecule has 200 valence electrons. The van der Waals surface area contributed by atoms with Gasteiger partial charge < -0.3 is 20.7 Å². The lowest BCUT2D eigenvalue weighted by Crippen LogP contribution is -2.57. The molecule has 0 radical (unpaired) electrons. The number of halogens is 1. The van der Waals surface area contributed by atoms with E-state index in [0.29, 0.717) is 51.1 Å². The van der Waals surface area contributed by atoms with Crippen LogP contribution >= 0.6 is 0 Å². The number of carbonyl (C=O) groups is 2. The van der Waals surface area contributed by atoms with Crippen LogP contribution in [0.1, 0.15) is 34.3 Å². The molecule has 38 heavy (non-hydrogen) atoms. The first-order valence-corrected chi connectivity index (χ1v) is 12.9. The maximum atomic E-state index is 13.5. The van der Waals surface area contributed by atoms with Gasteiger partial charge in [-0.1, -0.05) is 42.5 Å². The lowest BCUT2D eigenvalue weighted by molar-refractivity contribution is -0.127. The molecule has 2 amide bonds. The van der Waals surface area contributed by atoms with E-state index >= 15 is 0 Å². The number of ether oxygens (including phenoxy) is 1. The molecule has 3 aromatic rings. The molecule has 3 aromatic carbocycles. The molecule has 1 fully saturated rings. The highest BCUT2D eigenvalue weighted by atomic mass is 19.1. The predicted octanol–water partition coefficient (Wildman–Crippen LogP) is 3.58. The highest BCUT2D eigenvalue weighted by Gasteiger charge is 2.38. The van der Waals surface area contributed by atoms with Crippen molar-refractivity contribution in [2.75, 3.05) is 26.7 Å². The molecule has 3 N–H and O–H groups in total. The predicted molar refractivity (Wildman–Crippen MR) is 145 cm³/mol. The molecule has 1 saturated heterocycles. The van der Waals surface area contributed by atoms with Gasteiger partial charge in [0.25, 0.3) is 5.91 Å². The third-order valence-electron chi connectivity index (χ3n) is 6.94. The molecule has 1 heterocycles. The van der Waals surface area contributed by atoms with Crippen molar-refractivity contribution >= 4 is 11.8 Å². The van der Waals surface area contributed by atoms with E-state index in [0.717, 1.165) is 11.3 Å². The van der Waals surface area contributed by atoms with Crippen LogP contribution in [0.25, 0.3) is 0 Å². The van der Waals surface area contributed by atoms with E-state index in [-0.39, 0.29) is 17.9 Å². The zero-order valence-corrected chi connectivity index (χ0v) is 21.7. The number of piperidine rings is 1. The van der Waals surface area contributed by atoms with E-state index in [4.69, 9.17) is 10.5 Å². The largest absolute Gasteiger partial charge is 0.497 e. The number of amides is 2. The molecule has 1 aliphatic rings. The zero-order valence-electron chi connectivity index (χ0n) is 21.7. The van der Waals surface area contributed by atoms with Gasteiger partial charge in [0.1, 0.15) is 17.6 Å². The molecule has 2 atom stereocenters. The van der Waals surface area contributed by atoms with Crippen LogP contribution in [0.2, 0.25) is 0 Å². The first-order chi connectivity index (χ1) is 18.5. The van der Waals surface area contributed by atoms with E-state index in [1.807, 2.05) is 36.4 Å². The topological polar surface area (TPSA) is 87.9 Å². The normalized spacial score (nSPS) is 17.3. The quantitative estimate of drug-likeness (QED) is 0.428. The Morgan fingerprint density at radius 1 is 1.03 bits per heavy atom. The maximum Gasteiger partial charge on any atom is 0.254 e. The van der Waals surface area contributed by atoms with Crippen LogP contribution in [-0.4, -0.2) is 60.4 Å². The molecule has 0 spiro atoms. The Balaban J connectivity index is 1.60. The average Bonchev–Trinajstić information content (AvgIpc) is 2.96. The van der Waals surface area contributed by atoms with Gasteiger partial charge in [0.2, 0.25) is 5.91 Å². The fourth-order valence-electron chi connectivity index (χ4n) is 4.98. The van der Waals surface area contributed by atoms with Crippen molar-refractivity contribution in [2.24, 2.45) is 5.73 Å². The molecule has 8 heteroatoms. The smallest absolute Gasteiger partial charge is 0.254 e.